The Morgan fingerprint density at radius 2 is 2.62 bits per heavy atom. The van der Waals surface area contributed by atoms with Crippen molar-refractivity contribution >= 4 is 28.4 Å². The van der Waals surface area contributed by atoms with Gasteiger partial charge in [0.15, 0.2) is 0 Å². The molecule has 0 aromatic carbocycles. The lowest BCUT2D eigenvalue weighted by Crippen LogP contribution is -2.17. The zero-order valence-corrected chi connectivity index (χ0v) is 6.35. The third-order valence-corrected chi connectivity index (χ3v) is 2.26. The fraction of sp³-hybridized carbons (Fsp3) is 0.800. The smallest absolute Gasteiger partial charge is 0.220 e. The lowest BCUT2D eigenvalue weighted by molar-refractivity contribution is 0.213. The van der Waals surface area contributed by atoms with Crippen LogP contribution in [0.2, 0.25) is 0 Å². The highest BCUT2D eigenvalue weighted by Crippen LogP contribution is 2.18. The highest BCUT2D eigenvalue weighted by molar-refractivity contribution is 8.22. The van der Waals surface area contributed by atoms with Crippen molar-refractivity contribution in [1.82, 2.24) is 0 Å². The van der Waals surface area contributed by atoms with Gasteiger partial charge in [0, 0.05) is 5.75 Å². The summed E-state index contributed by atoms with van der Waals surface area (Å²) in [6.07, 6.45) is 1.48. The largest absolute Gasteiger partial charge is 0.476 e. The maximum absolute atomic E-state index is 5.18. The molecule has 1 rings (SSSR count). The zero-order valence-electron chi connectivity index (χ0n) is 4.72. The molecule has 0 aromatic rings. The van der Waals surface area contributed by atoms with Gasteiger partial charge in [-0.1, -0.05) is 11.8 Å². The summed E-state index contributed by atoms with van der Waals surface area (Å²) in [5, 5.41) is 0. The van der Waals surface area contributed by atoms with Gasteiger partial charge in [-0.25, -0.2) is 0 Å². The minimum absolute atomic E-state index is 0.351. The molecule has 1 atom stereocenters. The van der Waals surface area contributed by atoms with Crippen LogP contribution in [0.4, 0.5) is 0 Å². The first-order valence-corrected chi connectivity index (χ1v) is 4.02. The molecule has 8 heavy (non-hydrogen) atoms. The van der Waals surface area contributed by atoms with Crippen molar-refractivity contribution in [3.8, 4) is 0 Å². The molecule has 0 bridgehead atoms. The summed E-state index contributed by atoms with van der Waals surface area (Å²) in [5.41, 5.74) is 0. The van der Waals surface area contributed by atoms with Crippen LogP contribution in [0.5, 0.6) is 0 Å². The van der Waals surface area contributed by atoms with E-state index < -0.39 is 0 Å². The summed E-state index contributed by atoms with van der Waals surface area (Å²) in [7, 11) is 0. The van der Waals surface area contributed by atoms with E-state index in [1.807, 2.05) is 6.92 Å². The SMILES string of the molecule is CC1CCSC(=S)O1. The maximum atomic E-state index is 5.18. The minimum Gasteiger partial charge on any atom is -0.476 e. The van der Waals surface area contributed by atoms with Crippen molar-refractivity contribution in [2.45, 2.75) is 19.4 Å². The Hall–Kier alpha value is 0.240. The summed E-state index contributed by atoms with van der Waals surface area (Å²) >= 11 is 6.45. The van der Waals surface area contributed by atoms with Gasteiger partial charge in [-0.05, 0) is 25.6 Å². The van der Waals surface area contributed by atoms with Crippen LogP contribution in [-0.2, 0) is 4.74 Å². The molecule has 1 fully saturated rings. The Balaban J connectivity index is 2.34. The van der Waals surface area contributed by atoms with Crippen molar-refractivity contribution in [2.75, 3.05) is 5.75 Å². The van der Waals surface area contributed by atoms with Crippen molar-refractivity contribution in [2.24, 2.45) is 0 Å². The molecule has 0 aliphatic carbocycles. The molecule has 1 nitrogen and oxygen atoms in total. The van der Waals surface area contributed by atoms with Crippen molar-refractivity contribution in [3.05, 3.63) is 0 Å². The second kappa shape index (κ2) is 2.69. The van der Waals surface area contributed by atoms with Gasteiger partial charge in [0.05, 0.1) is 6.10 Å². The molecular formula is C5H8OS2. The highest BCUT2D eigenvalue weighted by Gasteiger charge is 2.12. The van der Waals surface area contributed by atoms with Crippen LogP contribution in [0, 0.1) is 0 Å². The van der Waals surface area contributed by atoms with E-state index in [9.17, 15) is 0 Å². The van der Waals surface area contributed by atoms with Crippen molar-refractivity contribution in [1.29, 1.82) is 0 Å². The minimum atomic E-state index is 0.351. The Labute approximate surface area is 58.8 Å². The van der Waals surface area contributed by atoms with E-state index in [-0.39, 0.29) is 0 Å². The topological polar surface area (TPSA) is 9.23 Å². The van der Waals surface area contributed by atoms with E-state index in [1.165, 1.54) is 0 Å². The summed E-state index contributed by atoms with van der Waals surface area (Å²) in [4.78, 5) is 0. The van der Waals surface area contributed by atoms with Gasteiger partial charge in [-0.2, -0.15) is 0 Å². The normalized spacial score (nSPS) is 29.6. The number of ether oxygens (including phenoxy) is 1. The van der Waals surface area contributed by atoms with E-state index in [1.54, 1.807) is 11.8 Å². The van der Waals surface area contributed by atoms with Gasteiger partial charge in [0.25, 0.3) is 0 Å². The van der Waals surface area contributed by atoms with Gasteiger partial charge in [0.2, 0.25) is 4.38 Å². The monoisotopic (exact) mass is 148 g/mol. The average molecular weight is 148 g/mol. The molecule has 3 heteroatoms. The standard InChI is InChI=1S/C5H8OS2/c1-4-2-3-8-5(7)6-4/h4H,2-3H2,1H3. The van der Waals surface area contributed by atoms with Gasteiger partial charge >= 0.3 is 0 Å². The Morgan fingerprint density at radius 3 is 3.00 bits per heavy atom. The van der Waals surface area contributed by atoms with Crippen molar-refractivity contribution < 1.29 is 4.74 Å². The number of thioether (sulfide) groups is 1. The fourth-order valence-corrected chi connectivity index (χ4v) is 1.83. The fourth-order valence-electron chi connectivity index (χ4n) is 0.565. The third kappa shape index (κ3) is 1.63. The Morgan fingerprint density at radius 1 is 1.88 bits per heavy atom. The van der Waals surface area contributed by atoms with E-state index in [2.05, 4.69) is 0 Å². The average Bonchev–Trinajstić information content (AvgIpc) is 1.64. The number of rotatable bonds is 0. The van der Waals surface area contributed by atoms with E-state index in [0.717, 1.165) is 12.2 Å². The predicted molar refractivity (Wildman–Crippen MR) is 40.2 cm³/mol. The quantitative estimate of drug-likeness (QED) is 0.485. The third-order valence-electron chi connectivity index (χ3n) is 1.04. The number of hydrogen-bond acceptors (Lipinski definition) is 3. The second-order valence-corrected chi connectivity index (χ2v) is 3.51. The highest BCUT2D eigenvalue weighted by atomic mass is 32.2. The zero-order chi connectivity index (χ0) is 5.98. The van der Waals surface area contributed by atoms with Crippen molar-refractivity contribution in [3.63, 3.8) is 0 Å². The molecule has 0 N–H and O–H groups in total. The first kappa shape index (κ1) is 6.36. The first-order chi connectivity index (χ1) is 3.79. The van der Waals surface area contributed by atoms with Gasteiger partial charge in [-0.15, -0.1) is 0 Å². The van der Waals surface area contributed by atoms with Gasteiger partial charge in [-0.3, -0.25) is 0 Å². The van der Waals surface area contributed by atoms with Crippen LogP contribution in [0.1, 0.15) is 13.3 Å². The molecule has 1 unspecified atom stereocenters. The van der Waals surface area contributed by atoms with Gasteiger partial charge in [0.1, 0.15) is 0 Å². The molecule has 0 radical (unpaired) electrons. The molecule has 46 valence electrons. The van der Waals surface area contributed by atoms with Gasteiger partial charge < -0.3 is 4.74 Å². The summed E-state index contributed by atoms with van der Waals surface area (Å²) in [6, 6.07) is 0. The number of hydrogen-bond donors (Lipinski definition) is 0. The van der Waals surface area contributed by atoms with Crippen LogP contribution in [0.25, 0.3) is 0 Å². The second-order valence-electron chi connectivity index (χ2n) is 1.82. The van der Waals surface area contributed by atoms with Crippen LogP contribution in [-0.4, -0.2) is 16.2 Å². The Bertz CT molecular complexity index is 103. The predicted octanol–water partition coefficient (Wildman–Crippen LogP) is 1.81. The molecule has 0 amide bonds. The lowest BCUT2D eigenvalue weighted by Gasteiger charge is -2.19. The molecule has 0 aromatic heterocycles. The summed E-state index contributed by atoms with van der Waals surface area (Å²) in [6.45, 7) is 2.05. The number of thiocarbonyl (C=S) groups is 1. The lowest BCUT2D eigenvalue weighted by atomic mass is 10.3. The molecular weight excluding hydrogens is 140 g/mol. The van der Waals surface area contributed by atoms with E-state index in [4.69, 9.17) is 17.0 Å². The van der Waals surface area contributed by atoms with E-state index in [0.29, 0.717) is 10.5 Å². The van der Waals surface area contributed by atoms with Crippen LogP contribution in [0.3, 0.4) is 0 Å². The molecule has 0 saturated carbocycles. The molecule has 1 aliphatic heterocycles. The van der Waals surface area contributed by atoms with Crippen LogP contribution in [0.15, 0.2) is 0 Å². The van der Waals surface area contributed by atoms with E-state index >= 15 is 0 Å². The molecule has 1 heterocycles. The molecule has 1 aliphatic rings. The molecule has 1 saturated heterocycles. The first-order valence-electron chi connectivity index (χ1n) is 2.62. The summed E-state index contributed by atoms with van der Waals surface area (Å²) in [5.74, 6) is 1.12. The van der Waals surface area contributed by atoms with Crippen LogP contribution < -0.4 is 0 Å². The maximum Gasteiger partial charge on any atom is 0.220 e. The molecule has 0 spiro atoms. The summed E-state index contributed by atoms with van der Waals surface area (Å²) < 4.78 is 5.89. The Kier molecular flexibility index (Phi) is 2.14. The van der Waals surface area contributed by atoms with Crippen LogP contribution >= 0.6 is 24.0 Å².